The van der Waals surface area contributed by atoms with Crippen LogP contribution in [0.25, 0.3) is 0 Å². The number of esters is 1. The van der Waals surface area contributed by atoms with Gasteiger partial charge in [0, 0.05) is 40.7 Å². The van der Waals surface area contributed by atoms with Crippen molar-refractivity contribution in [2.75, 3.05) is 6.61 Å². The zero-order chi connectivity index (χ0) is 25.1. The molecule has 36 heavy (non-hydrogen) atoms. The van der Waals surface area contributed by atoms with Gasteiger partial charge in [0.1, 0.15) is 0 Å². The van der Waals surface area contributed by atoms with E-state index in [0.29, 0.717) is 41.1 Å². The van der Waals surface area contributed by atoms with Gasteiger partial charge in [-0.1, -0.05) is 84.4 Å². The average Bonchev–Trinajstić information content (AvgIpc) is 2.89. The molecule has 4 nitrogen and oxygen atoms in total. The van der Waals surface area contributed by atoms with Crippen molar-refractivity contribution in [3.63, 3.8) is 0 Å². The summed E-state index contributed by atoms with van der Waals surface area (Å²) in [6.45, 7) is 2.14. The Morgan fingerprint density at radius 3 is 2.36 bits per heavy atom. The number of allylic oxidation sites excluding steroid dienone is 3. The highest BCUT2D eigenvalue weighted by molar-refractivity contribution is 6.30. The zero-order valence-corrected chi connectivity index (χ0v) is 20.9. The maximum atomic E-state index is 13.6. The lowest BCUT2D eigenvalue weighted by Gasteiger charge is -2.36. The largest absolute Gasteiger partial charge is 0.462 e. The minimum atomic E-state index is -0.520. The maximum Gasteiger partial charge on any atom is 0.336 e. The summed E-state index contributed by atoms with van der Waals surface area (Å²) in [6.07, 6.45) is 1.73. The van der Waals surface area contributed by atoms with E-state index < -0.39 is 11.9 Å². The summed E-state index contributed by atoms with van der Waals surface area (Å²) in [7, 11) is 0. The van der Waals surface area contributed by atoms with Gasteiger partial charge in [0.15, 0.2) is 5.78 Å². The number of ether oxygens (including phenoxy) is 1. The molecule has 1 heterocycles. The fraction of sp³-hybridized carbons (Fsp3) is 0.226. The standard InChI is InChI=1S/C31H28ClNO3/c1-20-28(31(35)36-16-15-21-9-4-2-5-10-21)29(23-13-8-14-25(32)17-23)30-26(33-20)18-24(19-27(30)34)22-11-6-3-7-12-22/h2-14,17,24,29,33H,15-16,18-19H2,1H3/t24-,29+/m0/s1. The molecule has 1 aliphatic carbocycles. The van der Waals surface area contributed by atoms with Crippen LogP contribution < -0.4 is 5.32 Å². The molecule has 0 spiro atoms. The minimum absolute atomic E-state index is 0.0460. The Labute approximate surface area is 216 Å². The van der Waals surface area contributed by atoms with Crippen molar-refractivity contribution in [2.45, 2.75) is 38.0 Å². The number of Topliss-reactive ketones (excluding diaryl/α,β-unsaturated/α-hetero) is 1. The summed E-state index contributed by atoms with van der Waals surface area (Å²) < 4.78 is 5.74. The van der Waals surface area contributed by atoms with Crippen LogP contribution in [0.1, 0.15) is 48.3 Å². The van der Waals surface area contributed by atoms with Crippen LogP contribution >= 0.6 is 11.6 Å². The van der Waals surface area contributed by atoms with E-state index in [1.54, 1.807) is 6.07 Å². The van der Waals surface area contributed by atoms with E-state index in [-0.39, 0.29) is 18.3 Å². The quantitative estimate of drug-likeness (QED) is 0.395. The molecule has 0 aromatic heterocycles. The Morgan fingerprint density at radius 2 is 1.64 bits per heavy atom. The minimum Gasteiger partial charge on any atom is -0.462 e. The summed E-state index contributed by atoms with van der Waals surface area (Å²) in [5.41, 5.74) is 5.77. The molecule has 3 aromatic carbocycles. The Kier molecular flexibility index (Phi) is 7.06. The highest BCUT2D eigenvalue weighted by Gasteiger charge is 2.41. The zero-order valence-electron chi connectivity index (χ0n) is 20.2. The molecular weight excluding hydrogens is 470 g/mol. The second-order valence-electron chi connectivity index (χ2n) is 9.35. The van der Waals surface area contributed by atoms with Crippen molar-refractivity contribution in [1.29, 1.82) is 0 Å². The van der Waals surface area contributed by atoms with Crippen LogP contribution in [0.2, 0.25) is 5.02 Å². The summed E-state index contributed by atoms with van der Waals surface area (Å²) in [5.74, 6) is -0.791. The topological polar surface area (TPSA) is 55.4 Å². The molecule has 0 saturated heterocycles. The molecule has 0 bridgehead atoms. The van der Waals surface area contributed by atoms with E-state index in [4.69, 9.17) is 16.3 Å². The number of nitrogens with one attached hydrogen (secondary N) is 1. The highest BCUT2D eigenvalue weighted by Crippen LogP contribution is 2.46. The molecule has 1 aliphatic heterocycles. The molecule has 0 amide bonds. The molecule has 0 saturated carbocycles. The van der Waals surface area contributed by atoms with Crippen LogP contribution in [0.3, 0.4) is 0 Å². The van der Waals surface area contributed by atoms with E-state index in [1.807, 2.05) is 73.7 Å². The third-order valence-corrected chi connectivity index (χ3v) is 7.20. The molecular formula is C31H28ClNO3. The van der Waals surface area contributed by atoms with Crippen molar-refractivity contribution >= 4 is 23.4 Å². The Morgan fingerprint density at radius 1 is 0.944 bits per heavy atom. The molecule has 5 heteroatoms. The van der Waals surface area contributed by atoms with Crippen LogP contribution in [0.4, 0.5) is 0 Å². The van der Waals surface area contributed by atoms with E-state index in [1.165, 1.54) is 0 Å². The SMILES string of the molecule is CC1=C(C(=O)OCCc2ccccc2)[C@@H](c2cccc(Cl)c2)C2=C(C[C@H](c3ccccc3)CC2=O)N1. The lowest BCUT2D eigenvalue weighted by molar-refractivity contribution is -0.139. The predicted octanol–water partition coefficient (Wildman–Crippen LogP) is 6.49. The molecule has 0 radical (unpaired) electrons. The van der Waals surface area contributed by atoms with Crippen molar-refractivity contribution in [2.24, 2.45) is 0 Å². The number of ketones is 1. The number of hydrogen-bond donors (Lipinski definition) is 1. The number of carbonyl (C=O) groups excluding carboxylic acids is 2. The molecule has 0 unspecified atom stereocenters. The highest BCUT2D eigenvalue weighted by atomic mass is 35.5. The van der Waals surface area contributed by atoms with Gasteiger partial charge in [-0.15, -0.1) is 0 Å². The second-order valence-corrected chi connectivity index (χ2v) is 9.79. The van der Waals surface area contributed by atoms with Gasteiger partial charge in [-0.05, 0) is 48.1 Å². The third-order valence-electron chi connectivity index (χ3n) is 6.97. The second kappa shape index (κ2) is 10.5. The fourth-order valence-corrected chi connectivity index (χ4v) is 5.47. The van der Waals surface area contributed by atoms with Crippen molar-refractivity contribution in [3.05, 3.63) is 129 Å². The van der Waals surface area contributed by atoms with Gasteiger partial charge in [0.2, 0.25) is 0 Å². The predicted molar refractivity (Wildman–Crippen MR) is 142 cm³/mol. The smallest absolute Gasteiger partial charge is 0.336 e. The summed E-state index contributed by atoms with van der Waals surface area (Å²) >= 11 is 6.35. The number of hydrogen-bond acceptors (Lipinski definition) is 4. The van der Waals surface area contributed by atoms with Crippen LogP contribution in [0, 0.1) is 0 Å². The van der Waals surface area contributed by atoms with Gasteiger partial charge >= 0.3 is 5.97 Å². The van der Waals surface area contributed by atoms with Crippen molar-refractivity contribution in [3.8, 4) is 0 Å². The lowest BCUT2D eigenvalue weighted by Crippen LogP contribution is -2.36. The van der Waals surface area contributed by atoms with Gasteiger partial charge in [0.05, 0.1) is 12.2 Å². The van der Waals surface area contributed by atoms with Crippen LogP contribution in [-0.2, 0) is 20.7 Å². The summed E-state index contributed by atoms with van der Waals surface area (Å²) in [6, 6.07) is 27.4. The normalized spacial score (nSPS) is 19.6. The first-order valence-electron chi connectivity index (χ1n) is 12.3. The lowest BCUT2D eigenvalue weighted by atomic mass is 9.72. The monoisotopic (exact) mass is 497 g/mol. The number of rotatable bonds is 6. The first-order valence-corrected chi connectivity index (χ1v) is 12.6. The van der Waals surface area contributed by atoms with Gasteiger partial charge in [-0.2, -0.15) is 0 Å². The number of carbonyl (C=O) groups is 2. The average molecular weight is 498 g/mol. The van der Waals surface area contributed by atoms with Crippen LogP contribution in [0.5, 0.6) is 0 Å². The Bertz CT molecular complexity index is 1340. The number of halogens is 1. The van der Waals surface area contributed by atoms with Gasteiger partial charge < -0.3 is 10.1 Å². The molecule has 182 valence electrons. The fourth-order valence-electron chi connectivity index (χ4n) is 5.27. The van der Waals surface area contributed by atoms with E-state index >= 15 is 0 Å². The molecule has 2 aliphatic rings. The van der Waals surface area contributed by atoms with Gasteiger partial charge in [-0.25, -0.2) is 4.79 Å². The van der Waals surface area contributed by atoms with E-state index in [2.05, 4.69) is 17.4 Å². The molecule has 5 rings (SSSR count). The van der Waals surface area contributed by atoms with Crippen LogP contribution in [0.15, 0.2) is 107 Å². The molecule has 3 aromatic rings. The summed E-state index contributed by atoms with van der Waals surface area (Å²) in [5, 5.41) is 3.97. The van der Waals surface area contributed by atoms with Crippen LogP contribution in [-0.4, -0.2) is 18.4 Å². The maximum absolute atomic E-state index is 13.6. The Hall–Kier alpha value is -3.63. The summed E-state index contributed by atoms with van der Waals surface area (Å²) in [4.78, 5) is 27.1. The molecule has 0 fully saturated rings. The van der Waals surface area contributed by atoms with E-state index in [0.717, 1.165) is 22.4 Å². The van der Waals surface area contributed by atoms with Crippen molar-refractivity contribution in [1.82, 2.24) is 5.32 Å². The van der Waals surface area contributed by atoms with Gasteiger partial charge in [0.25, 0.3) is 0 Å². The van der Waals surface area contributed by atoms with Gasteiger partial charge in [-0.3, -0.25) is 4.79 Å². The number of benzene rings is 3. The molecule has 1 N–H and O–H groups in total. The molecule has 2 atom stereocenters. The first kappa shape index (κ1) is 24.1. The third kappa shape index (κ3) is 5.00. The Balaban J connectivity index is 1.47. The number of dihydropyridines is 1. The van der Waals surface area contributed by atoms with Crippen molar-refractivity contribution < 1.29 is 14.3 Å². The first-order chi connectivity index (χ1) is 17.5. The van der Waals surface area contributed by atoms with E-state index in [9.17, 15) is 9.59 Å².